The zero-order chi connectivity index (χ0) is 21.8. The maximum atomic E-state index is 15.5. The van der Waals surface area contributed by atoms with E-state index in [1.165, 1.54) is 0 Å². The van der Waals surface area contributed by atoms with Crippen molar-refractivity contribution in [1.82, 2.24) is 24.6 Å². The Morgan fingerprint density at radius 2 is 2.06 bits per heavy atom. The van der Waals surface area contributed by atoms with E-state index in [4.69, 9.17) is 0 Å². The van der Waals surface area contributed by atoms with Crippen LogP contribution in [0.25, 0.3) is 16.9 Å². The van der Waals surface area contributed by atoms with Crippen LogP contribution in [0.2, 0.25) is 0 Å². The zero-order valence-electron chi connectivity index (χ0n) is 18.0. The van der Waals surface area contributed by atoms with Gasteiger partial charge in [-0.15, -0.1) is 10.2 Å². The van der Waals surface area contributed by atoms with E-state index in [0.29, 0.717) is 17.1 Å². The largest absolute Gasteiger partial charge is 0.507 e. The summed E-state index contributed by atoms with van der Waals surface area (Å²) in [5.74, 6) is 1.03. The van der Waals surface area contributed by atoms with E-state index in [2.05, 4.69) is 20.1 Å². The predicted octanol–water partition coefficient (Wildman–Crippen LogP) is 3.29. The molecule has 1 N–H and O–H groups in total. The van der Waals surface area contributed by atoms with Crippen molar-refractivity contribution in [3.8, 4) is 22.7 Å². The summed E-state index contributed by atoms with van der Waals surface area (Å²) in [5.41, 5.74) is 1.55. The SMILES string of the molecule is CN(c1ccc(-c2ccc(-n3ccnc3)cc2O)nn1)[C@H]1[C@@H]2CC[C@](C)([C@@H]1F)N(C)C2. The molecule has 0 radical (unpaired) electrons. The first-order valence-electron chi connectivity index (χ1n) is 10.6. The van der Waals surface area contributed by atoms with Gasteiger partial charge in [-0.05, 0) is 57.0 Å². The van der Waals surface area contributed by atoms with Crippen LogP contribution in [0, 0.1) is 5.92 Å². The fourth-order valence-electron chi connectivity index (χ4n) is 5.19. The number of alkyl halides is 1. The van der Waals surface area contributed by atoms with Crippen molar-refractivity contribution in [1.29, 1.82) is 0 Å². The number of piperidine rings is 2. The van der Waals surface area contributed by atoms with Crippen molar-refractivity contribution in [2.45, 2.75) is 37.5 Å². The Kier molecular flexibility index (Phi) is 4.69. The molecule has 1 aromatic carbocycles. The average molecular weight is 423 g/mol. The summed E-state index contributed by atoms with van der Waals surface area (Å²) in [7, 11) is 3.93. The average Bonchev–Trinajstić information content (AvgIpc) is 3.30. The topological polar surface area (TPSA) is 70.3 Å². The van der Waals surface area contributed by atoms with Crippen LogP contribution >= 0.6 is 0 Å². The van der Waals surface area contributed by atoms with E-state index in [1.54, 1.807) is 18.6 Å². The molecule has 2 aromatic heterocycles. The van der Waals surface area contributed by atoms with Crippen molar-refractivity contribution in [3.05, 3.63) is 49.1 Å². The van der Waals surface area contributed by atoms with Gasteiger partial charge < -0.3 is 14.6 Å². The van der Waals surface area contributed by atoms with Crippen LogP contribution in [0.15, 0.2) is 49.1 Å². The summed E-state index contributed by atoms with van der Waals surface area (Å²) < 4.78 is 17.3. The minimum Gasteiger partial charge on any atom is -0.507 e. The van der Waals surface area contributed by atoms with E-state index >= 15 is 4.39 Å². The molecule has 3 aromatic rings. The van der Waals surface area contributed by atoms with E-state index in [-0.39, 0.29) is 17.7 Å². The second-order valence-corrected chi connectivity index (χ2v) is 8.99. The number of hydrogen-bond acceptors (Lipinski definition) is 6. The lowest BCUT2D eigenvalue weighted by atomic mass is 9.67. The van der Waals surface area contributed by atoms with Crippen molar-refractivity contribution in [2.24, 2.45) is 5.92 Å². The van der Waals surface area contributed by atoms with Gasteiger partial charge in [0.2, 0.25) is 0 Å². The number of aromatic nitrogens is 4. The Balaban J connectivity index is 1.38. The maximum Gasteiger partial charge on any atom is 0.151 e. The molecule has 8 heteroatoms. The van der Waals surface area contributed by atoms with Crippen LogP contribution in [0.4, 0.5) is 10.2 Å². The van der Waals surface area contributed by atoms with Crippen molar-refractivity contribution in [2.75, 3.05) is 25.5 Å². The standard InChI is InChI=1S/C23H27FN6O/c1-23-9-8-15(13-28(23)2)21(22(23)24)29(3)20-7-6-18(26-27-20)17-5-4-16(12-19(17)31)30-11-10-25-14-30/h4-7,10-12,14-15,21-22,31H,8-9,13H2,1-3H3/t15-,21+,22-,23-/m1/s1. The molecular formula is C23H27FN6O. The van der Waals surface area contributed by atoms with Gasteiger partial charge in [0, 0.05) is 37.6 Å². The molecule has 6 rings (SSSR count). The molecule has 1 aliphatic carbocycles. The summed E-state index contributed by atoms with van der Waals surface area (Å²) in [6, 6.07) is 8.84. The van der Waals surface area contributed by atoms with Crippen LogP contribution in [0.5, 0.6) is 5.75 Å². The lowest BCUT2D eigenvalue weighted by Gasteiger charge is -2.58. The molecule has 4 atom stereocenters. The summed E-state index contributed by atoms with van der Waals surface area (Å²) in [6.45, 7) is 2.92. The monoisotopic (exact) mass is 422 g/mol. The Morgan fingerprint density at radius 3 is 2.71 bits per heavy atom. The number of halogens is 1. The Labute approximate surface area is 181 Å². The molecule has 0 spiro atoms. The van der Waals surface area contributed by atoms with Gasteiger partial charge in [-0.3, -0.25) is 4.90 Å². The molecule has 2 bridgehead atoms. The number of phenols is 1. The molecular weight excluding hydrogens is 395 g/mol. The van der Waals surface area contributed by atoms with Crippen LogP contribution in [-0.2, 0) is 0 Å². The van der Waals surface area contributed by atoms with Gasteiger partial charge in [-0.1, -0.05) is 0 Å². The molecule has 162 valence electrons. The van der Waals surface area contributed by atoms with Crippen molar-refractivity contribution in [3.63, 3.8) is 0 Å². The third-order valence-electron chi connectivity index (χ3n) is 7.30. The van der Waals surface area contributed by atoms with Gasteiger partial charge in [0.25, 0.3) is 0 Å². The highest BCUT2D eigenvalue weighted by molar-refractivity contribution is 5.69. The summed E-state index contributed by atoms with van der Waals surface area (Å²) in [6.07, 6.45) is 6.14. The fourth-order valence-corrected chi connectivity index (χ4v) is 5.19. The van der Waals surface area contributed by atoms with E-state index in [9.17, 15) is 5.11 Å². The van der Waals surface area contributed by atoms with Gasteiger partial charge in [0.05, 0.1) is 29.3 Å². The number of phenolic OH excluding ortho intramolecular Hbond substituents is 1. The normalized spacial score (nSPS) is 28.1. The molecule has 1 saturated carbocycles. The quantitative estimate of drug-likeness (QED) is 0.696. The number of hydrogen-bond donors (Lipinski definition) is 1. The van der Waals surface area contributed by atoms with E-state index < -0.39 is 11.7 Å². The van der Waals surface area contributed by atoms with Crippen molar-refractivity contribution < 1.29 is 9.50 Å². The molecule has 2 saturated heterocycles. The van der Waals surface area contributed by atoms with Gasteiger partial charge in [-0.2, -0.15) is 0 Å². The lowest BCUT2D eigenvalue weighted by molar-refractivity contribution is -0.0816. The minimum atomic E-state index is -0.948. The van der Waals surface area contributed by atoms with Gasteiger partial charge in [0.1, 0.15) is 11.9 Å². The molecule has 4 heterocycles. The molecule has 3 aliphatic rings. The van der Waals surface area contributed by atoms with Crippen LogP contribution < -0.4 is 4.90 Å². The fraction of sp³-hybridized carbons (Fsp3) is 0.435. The Hall–Kier alpha value is -3.00. The second kappa shape index (κ2) is 7.30. The second-order valence-electron chi connectivity index (χ2n) is 8.99. The number of rotatable bonds is 4. The molecule has 31 heavy (non-hydrogen) atoms. The van der Waals surface area contributed by atoms with Crippen LogP contribution in [0.3, 0.4) is 0 Å². The number of nitrogens with zero attached hydrogens (tertiary/aromatic N) is 6. The molecule has 3 fully saturated rings. The van der Waals surface area contributed by atoms with Gasteiger partial charge >= 0.3 is 0 Å². The molecule has 2 aliphatic heterocycles. The first-order chi connectivity index (χ1) is 14.9. The number of fused-ring (bicyclic) bond motifs is 3. The van der Waals surface area contributed by atoms with Crippen LogP contribution in [-0.4, -0.2) is 68.1 Å². The highest BCUT2D eigenvalue weighted by atomic mass is 19.1. The first kappa shape index (κ1) is 19.9. The number of anilines is 1. The minimum absolute atomic E-state index is 0.117. The maximum absolute atomic E-state index is 15.5. The van der Waals surface area contributed by atoms with Crippen LogP contribution in [0.1, 0.15) is 19.8 Å². The lowest BCUT2D eigenvalue weighted by Crippen LogP contribution is -2.70. The highest BCUT2D eigenvalue weighted by Crippen LogP contribution is 2.46. The third-order valence-corrected chi connectivity index (χ3v) is 7.30. The molecule has 7 nitrogen and oxygen atoms in total. The Morgan fingerprint density at radius 1 is 1.23 bits per heavy atom. The molecule has 0 unspecified atom stereocenters. The van der Waals surface area contributed by atoms with Gasteiger partial charge in [-0.25, -0.2) is 9.37 Å². The zero-order valence-corrected chi connectivity index (χ0v) is 18.0. The predicted molar refractivity (Wildman–Crippen MR) is 117 cm³/mol. The Bertz CT molecular complexity index is 1070. The third kappa shape index (κ3) is 3.17. The van der Waals surface area contributed by atoms with E-state index in [0.717, 1.165) is 25.1 Å². The van der Waals surface area contributed by atoms with Crippen molar-refractivity contribution >= 4 is 5.82 Å². The number of aromatic hydroxyl groups is 1. The highest BCUT2D eigenvalue weighted by Gasteiger charge is 2.55. The summed E-state index contributed by atoms with van der Waals surface area (Å²) >= 11 is 0. The molecule has 0 amide bonds. The number of imidazole rings is 1. The number of benzene rings is 1. The van der Waals surface area contributed by atoms with Gasteiger partial charge in [0.15, 0.2) is 5.82 Å². The first-order valence-corrected chi connectivity index (χ1v) is 10.6. The smallest absolute Gasteiger partial charge is 0.151 e. The van der Waals surface area contributed by atoms with E-state index in [1.807, 2.05) is 60.9 Å². The summed E-state index contributed by atoms with van der Waals surface area (Å²) in [4.78, 5) is 8.14. The summed E-state index contributed by atoms with van der Waals surface area (Å²) in [5, 5.41) is 19.2.